The van der Waals surface area contributed by atoms with E-state index < -0.39 is 0 Å². The Bertz CT molecular complexity index is 367. The highest BCUT2D eigenvalue weighted by molar-refractivity contribution is 4.93. The summed E-state index contributed by atoms with van der Waals surface area (Å²) in [6.45, 7) is 9.80. The van der Waals surface area contributed by atoms with Crippen molar-refractivity contribution in [2.45, 2.75) is 65.6 Å². The quantitative estimate of drug-likeness (QED) is 0.873. The third-order valence-electron chi connectivity index (χ3n) is 3.90. The van der Waals surface area contributed by atoms with Crippen LogP contribution >= 0.6 is 0 Å². The van der Waals surface area contributed by atoms with E-state index in [4.69, 9.17) is 0 Å². The topological polar surface area (TPSA) is 42.7 Å². The predicted molar refractivity (Wildman–Crippen MR) is 68.7 cm³/mol. The van der Waals surface area contributed by atoms with Crippen molar-refractivity contribution in [1.82, 2.24) is 20.1 Å². The van der Waals surface area contributed by atoms with Gasteiger partial charge in [0.25, 0.3) is 0 Å². The molecular formula is C13H24N4. The largest absolute Gasteiger partial charge is 0.307 e. The fraction of sp³-hybridized carbons (Fsp3) is 0.846. The lowest BCUT2D eigenvalue weighted by Gasteiger charge is -2.28. The summed E-state index contributed by atoms with van der Waals surface area (Å²) >= 11 is 0. The predicted octanol–water partition coefficient (Wildman–Crippen LogP) is 2.53. The van der Waals surface area contributed by atoms with Crippen molar-refractivity contribution in [3.63, 3.8) is 0 Å². The molecule has 1 aliphatic rings. The molecule has 1 saturated carbocycles. The molecule has 0 aromatic carbocycles. The molecule has 1 atom stereocenters. The van der Waals surface area contributed by atoms with Crippen LogP contribution in [0.15, 0.2) is 6.33 Å². The van der Waals surface area contributed by atoms with Crippen molar-refractivity contribution >= 4 is 0 Å². The Morgan fingerprint density at radius 2 is 2.29 bits per heavy atom. The Morgan fingerprint density at radius 1 is 1.53 bits per heavy atom. The Balaban J connectivity index is 1.96. The lowest BCUT2D eigenvalue weighted by Crippen LogP contribution is -2.37. The van der Waals surface area contributed by atoms with Crippen molar-refractivity contribution in [2.24, 2.45) is 5.41 Å². The van der Waals surface area contributed by atoms with Gasteiger partial charge in [0.05, 0.1) is 6.54 Å². The van der Waals surface area contributed by atoms with E-state index in [1.807, 2.05) is 4.68 Å². The number of aromatic nitrogens is 3. The summed E-state index contributed by atoms with van der Waals surface area (Å²) in [6, 6.07) is 0.991. The molecule has 2 rings (SSSR count). The van der Waals surface area contributed by atoms with Crippen LogP contribution in [0.2, 0.25) is 0 Å². The van der Waals surface area contributed by atoms with Gasteiger partial charge in [-0.15, -0.1) is 0 Å². The molecule has 0 saturated heterocycles. The minimum Gasteiger partial charge on any atom is -0.307 e. The second-order valence-corrected chi connectivity index (χ2v) is 6.03. The fourth-order valence-electron chi connectivity index (χ4n) is 2.75. The Kier molecular flexibility index (Phi) is 3.52. The first-order valence-corrected chi connectivity index (χ1v) is 6.62. The zero-order valence-corrected chi connectivity index (χ0v) is 11.4. The van der Waals surface area contributed by atoms with Crippen molar-refractivity contribution < 1.29 is 0 Å². The molecule has 1 aromatic rings. The molecule has 1 N–H and O–H groups in total. The van der Waals surface area contributed by atoms with Gasteiger partial charge in [0.2, 0.25) is 0 Å². The van der Waals surface area contributed by atoms with Crippen LogP contribution in [0.3, 0.4) is 0 Å². The minimum absolute atomic E-state index is 0.380. The van der Waals surface area contributed by atoms with Gasteiger partial charge >= 0.3 is 0 Å². The van der Waals surface area contributed by atoms with E-state index >= 15 is 0 Å². The number of nitrogens with zero attached hydrogens (tertiary/aromatic N) is 3. The van der Waals surface area contributed by atoms with Gasteiger partial charge in [-0.05, 0) is 32.1 Å². The number of hydrogen-bond donors (Lipinski definition) is 1. The summed E-state index contributed by atoms with van der Waals surface area (Å²) < 4.78 is 1.99. The van der Waals surface area contributed by atoms with Crippen LogP contribution in [0, 0.1) is 5.41 Å². The van der Waals surface area contributed by atoms with E-state index in [0.717, 1.165) is 12.4 Å². The molecule has 0 aliphatic heterocycles. The van der Waals surface area contributed by atoms with Crippen molar-refractivity contribution in [1.29, 1.82) is 0 Å². The first-order valence-electron chi connectivity index (χ1n) is 6.62. The molecule has 0 bridgehead atoms. The van der Waals surface area contributed by atoms with E-state index in [2.05, 4.69) is 43.1 Å². The normalized spacial score (nSPS) is 23.5. The van der Waals surface area contributed by atoms with Crippen molar-refractivity contribution in [2.75, 3.05) is 0 Å². The van der Waals surface area contributed by atoms with Crippen LogP contribution in [-0.4, -0.2) is 20.8 Å². The SMILES string of the molecule is CC(C)n1ncnc1CNC1CCCC1(C)C. The highest BCUT2D eigenvalue weighted by atomic mass is 15.4. The Labute approximate surface area is 104 Å². The molecule has 0 radical (unpaired) electrons. The smallest absolute Gasteiger partial charge is 0.141 e. The molecule has 96 valence electrons. The second-order valence-electron chi connectivity index (χ2n) is 6.03. The molecule has 1 fully saturated rings. The van der Waals surface area contributed by atoms with Crippen LogP contribution < -0.4 is 5.32 Å². The zero-order valence-electron chi connectivity index (χ0n) is 11.4. The molecule has 17 heavy (non-hydrogen) atoms. The highest BCUT2D eigenvalue weighted by Crippen LogP contribution is 2.37. The van der Waals surface area contributed by atoms with Gasteiger partial charge < -0.3 is 5.32 Å². The summed E-state index contributed by atoms with van der Waals surface area (Å²) in [4.78, 5) is 4.34. The summed E-state index contributed by atoms with van der Waals surface area (Å²) in [5.41, 5.74) is 0.419. The zero-order chi connectivity index (χ0) is 12.5. The standard InChI is InChI=1S/C13H24N4/c1-10(2)17-12(15-9-16-17)8-14-11-6-5-7-13(11,3)4/h9-11,14H,5-8H2,1-4H3. The maximum atomic E-state index is 4.34. The van der Waals surface area contributed by atoms with Gasteiger partial charge in [-0.25, -0.2) is 9.67 Å². The number of nitrogens with one attached hydrogen (secondary N) is 1. The molecule has 1 heterocycles. The summed E-state index contributed by atoms with van der Waals surface area (Å²) in [5, 5.41) is 7.91. The lowest BCUT2D eigenvalue weighted by molar-refractivity contribution is 0.278. The van der Waals surface area contributed by atoms with Gasteiger partial charge in [-0.1, -0.05) is 20.3 Å². The molecule has 1 aromatic heterocycles. The second kappa shape index (κ2) is 4.77. The fourth-order valence-corrected chi connectivity index (χ4v) is 2.75. The molecule has 1 aliphatic carbocycles. The number of rotatable bonds is 4. The van der Waals surface area contributed by atoms with Gasteiger partial charge in [0.1, 0.15) is 12.2 Å². The summed E-state index contributed by atoms with van der Waals surface area (Å²) in [6.07, 6.45) is 5.59. The third-order valence-corrected chi connectivity index (χ3v) is 3.90. The molecular weight excluding hydrogens is 212 g/mol. The summed E-state index contributed by atoms with van der Waals surface area (Å²) in [7, 11) is 0. The van der Waals surface area contributed by atoms with E-state index in [0.29, 0.717) is 17.5 Å². The maximum absolute atomic E-state index is 4.34. The Hall–Kier alpha value is -0.900. The summed E-state index contributed by atoms with van der Waals surface area (Å²) in [5.74, 6) is 1.04. The third kappa shape index (κ3) is 2.68. The molecule has 1 unspecified atom stereocenters. The molecule has 4 nitrogen and oxygen atoms in total. The minimum atomic E-state index is 0.380. The van der Waals surface area contributed by atoms with Gasteiger partial charge in [0, 0.05) is 12.1 Å². The molecule has 0 spiro atoms. The van der Waals surface area contributed by atoms with Crippen LogP contribution in [0.1, 0.15) is 58.8 Å². The maximum Gasteiger partial charge on any atom is 0.141 e. The van der Waals surface area contributed by atoms with E-state index in [1.54, 1.807) is 6.33 Å². The van der Waals surface area contributed by atoms with E-state index in [9.17, 15) is 0 Å². The monoisotopic (exact) mass is 236 g/mol. The van der Waals surface area contributed by atoms with E-state index in [-0.39, 0.29) is 0 Å². The first kappa shape index (κ1) is 12.6. The lowest BCUT2D eigenvalue weighted by atomic mass is 9.87. The van der Waals surface area contributed by atoms with Gasteiger partial charge in [0.15, 0.2) is 0 Å². The average Bonchev–Trinajstić information content (AvgIpc) is 2.81. The van der Waals surface area contributed by atoms with Crippen LogP contribution in [0.25, 0.3) is 0 Å². The van der Waals surface area contributed by atoms with E-state index in [1.165, 1.54) is 19.3 Å². The molecule has 0 amide bonds. The average molecular weight is 236 g/mol. The van der Waals surface area contributed by atoms with Crippen LogP contribution in [0.4, 0.5) is 0 Å². The number of hydrogen-bond acceptors (Lipinski definition) is 3. The highest BCUT2D eigenvalue weighted by Gasteiger charge is 2.34. The van der Waals surface area contributed by atoms with Crippen molar-refractivity contribution in [3.8, 4) is 0 Å². The first-order chi connectivity index (χ1) is 8.00. The van der Waals surface area contributed by atoms with Gasteiger partial charge in [-0.3, -0.25) is 0 Å². The van der Waals surface area contributed by atoms with Crippen LogP contribution in [-0.2, 0) is 6.54 Å². The van der Waals surface area contributed by atoms with Crippen molar-refractivity contribution in [3.05, 3.63) is 12.2 Å². The van der Waals surface area contributed by atoms with Crippen LogP contribution in [0.5, 0.6) is 0 Å². The Morgan fingerprint density at radius 3 is 2.88 bits per heavy atom. The van der Waals surface area contributed by atoms with Gasteiger partial charge in [-0.2, -0.15) is 5.10 Å². The molecule has 4 heteroatoms.